The van der Waals surface area contributed by atoms with Crippen LogP contribution in [0.1, 0.15) is 38.7 Å². The summed E-state index contributed by atoms with van der Waals surface area (Å²) in [5, 5.41) is 7.15. The van der Waals surface area contributed by atoms with E-state index in [0.29, 0.717) is 23.0 Å². The number of sulfonamides is 1. The molecule has 0 unspecified atom stereocenters. The topological polar surface area (TPSA) is 61.4 Å². The van der Waals surface area contributed by atoms with Crippen molar-refractivity contribution in [2.24, 2.45) is 11.8 Å². The fourth-order valence-corrected chi connectivity index (χ4v) is 4.41. The molecule has 0 radical (unpaired) electrons. The normalized spacial score (nSPS) is 24.2. The Labute approximate surface area is 157 Å². The Bertz CT molecular complexity index is 732. The average Bonchev–Trinajstić information content (AvgIpc) is 2.53. The number of hydrogen-bond acceptors (Lipinski definition) is 3. The van der Waals surface area contributed by atoms with Crippen LogP contribution in [0, 0.1) is 18.8 Å². The molecule has 0 bridgehead atoms. The van der Waals surface area contributed by atoms with E-state index in [1.54, 1.807) is 18.2 Å². The maximum Gasteiger partial charge on any atom is 0.242 e. The quantitative estimate of drug-likeness (QED) is 0.781. The van der Waals surface area contributed by atoms with Crippen molar-refractivity contribution in [2.75, 3.05) is 19.4 Å². The van der Waals surface area contributed by atoms with Crippen LogP contribution in [0.4, 0.5) is 5.69 Å². The molecule has 0 saturated heterocycles. The molecule has 5 nitrogen and oxygen atoms in total. The van der Waals surface area contributed by atoms with Crippen molar-refractivity contribution < 1.29 is 8.42 Å². The van der Waals surface area contributed by atoms with Gasteiger partial charge in [0.15, 0.2) is 5.11 Å². The third-order valence-electron chi connectivity index (χ3n) is 5.26. The Kier molecular flexibility index (Phi) is 6.45. The molecule has 0 aliphatic heterocycles. The molecule has 0 amide bonds. The first-order valence-electron chi connectivity index (χ1n) is 8.73. The van der Waals surface area contributed by atoms with Crippen molar-refractivity contribution >= 4 is 33.0 Å². The predicted molar refractivity (Wildman–Crippen MR) is 107 cm³/mol. The minimum atomic E-state index is -3.47. The largest absolute Gasteiger partial charge is 0.359 e. The molecule has 7 heteroatoms. The Morgan fingerprint density at radius 1 is 1.24 bits per heavy atom. The number of nitrogens with zero attached hydrogens (tertiary/aromatic N) is 1. The lowest BCUT2D eigenvalue weighted by atomic mass is 9.78. The average molecular weight is 384 g/mol. The van der Waals surface area contributed by atoms with Crippen molar-refractivity contribution in [3.63, 3.8) is 0 Å². The number of hydrogen-bond donors (Lipinski definition) is 2. The first kappa shape index (κ1) is 20.1. The van der Waals surface area contributed by atoms with Crippen LogP contribution in [0.2, 0.25) is 0 Å². The van der Waals surface area contributed by atoms with Crippen molar-refractivity contribution in [3.05, 3.63) is 23.8 Å². The summed E-state index contributed by atoms with van der Waals surface area (Å²) >= 11 is 5.47. The standard InChI is InChI=1S/C18H29N3O2S2/c1-12-7-6-8-16(14(12)3)19-18(24)20-17-11-15(10-9-13(17)2)25(22,23)21(4)5/h9-12,14,16H,6-8H2,1-5H3,(H2,19,20,24)/t12-,14+,16+/m0/s1. The van der Waals surface area contributed by atoms with E-state index in [-0.39, 0.29) is 4.90 Å². The fourth-order valence-electron chi connectivity index (χ4n) is 3.22. The van der Waals surface area contributed by atoms with E-state index in [1.807, 2.05) is 6.92 Å². The lowest BCUT2D eigenvalue weighted by Gasteiger charge is -2.35. The summed E-state index contributed by atoms with van der Waals surface area (Å²) in [6.07, 6.45) is 3.59. The molecule has 140 valence electrons. The molecular weight excluding hydrogens is 354 g/mol. The molecule has 0 aromatic heterocycles. The van der Waals surface area contributed by atoms with Crippen LogP contribution < -0.4 is 10.6 Å². The molecule has 1 aromatic carbocycles. The highest BCUT2D eigenvalue weighted by atomic mass is 32.2. The van der Waals surface area contributed by atoms with Crippen LogP contribution in [0.3, 0.4) is 0 Å². The smallest absolute Gasteiger partial charge is 0.242 e. The number of anilines is 1. The van der Waals surface area contributed by atoms with Crippen molar-refractivity contribution in [2.45, 2.75) is 51.0 Å². The number of aryl methyl sites for hydroxylation is 1. The third-order valence-corrected chi connectivity index (χ3v) is 7.29. The molecule has 1 fully saturated rings. The first-order valence-corrected chi connectivity index (χ1v) is 10.6. The van der Waals surface area contributed by atoms with Crippen LogP contribution in [0.5, 0.6) is 0 Å². The zero-order valence-corrected chi connectivity index (χ0v) is 17.3. The summed E-state index contributed by atoms with van der Waals surface area (Å²) in [5.41, 5.74) is 1.67. The molecule has 3 atom stereocenters. The number of benzene rings is 1. The van der Waals surface area contributed by atoms with E-state index in [4.69, 9.17) is 12.2 Å². The van der Waals surface area contributed by atoms with Gasteiger partial charge in [-0.3, -0.25) is 0 Å². The zero-order chi connectivity index (χ0) is 18.8. The maximum absolute atomic E-state index is 12.3. The van der Waals surface area contributed by atoms with Crippen LogP contribution in [-0.4, -0.2) is 38.0 Å². The highest BCUT2D eigenvalue weighted by Crippen LogP contribution is 2.29. The lowest BCUT2D eigenvalue weighted by molar-refractivity contribution is 0.225. The molecular formula is C18H29N3O2S2. The van der Waals surface area contributed by atoms with E-state index in [1.165, 1.54) is 31.2 Å². The van der Waals surface area contributed by atoms with Gasteiger partial charge in [-0.25, -0.2) is 12.7 Å². The van der Waals surface area contributed by atoms with Gasteiger partial charge in [-0.15, -0.1) is 0 Å². The van der Waals surface area contributed by atoms with E-state index in [9.17, 15) is 8.42 Å². The van der Waals surface area contributed by atoms with E-state index in [0.717, 1.165) is 17.7 Å². The predicted octanol–water partition coefficient (Wildman–Crippen LogP) is 3.36. The Hall–Kier alpha value is -1.18. The zero-order valence-electron chi connectivity index (χ0n) is 15.7. The second kappa shape index (κ2) is 8.01. The Morgan fingerprint density at radius 2 is 1.92 bits per heavy atom. The summed E-state index contributed by atoms with van der Waals surface area (Å²) in [7, 11) is -0.410. The first-order chi connectivity index (χ1) is 11.6. The van der Waals surface area contributed by atoms with E-state index >= 15 is 0 Å². The highest BCUT2D eigenvalue weighted by molar-refractivity contribution is 7.89. The molecule has 25 heavy (non-hydrogen) atoms. The third kappa shape index (κ3) is 4.71. The van der Waals surface area contributed by atoms with Gasteiger partial charge in [0, 0.05) is 25.8 Å². The summed E-state index contributed by atoms with van der Waals surface area (Å²) in [6, 6.07) is 5.42. The van der Waals surface area contributed by atoms with Gasteiger partial charge >= 0.3 is 0 Å². The van der Waals surface area contributed by atoms with Crippen LogP contribution >= 0.6 is 12.2 Å². The Balaban J connectivity index is 2.13. The van der Waals surface area contributed by atoms with Crippen LogP contribution in [0.15, 0.2) is 23.1 Å². The number of thiocarbonyl (C=S) groups is 1. The molecule has 1 saturated carbocycles. The van der Waals surface area contributed by atoms with Gasteiger partial charge in [0.2, 0.25) is 10.0 Å². The van der Waals surface area contributed by atoms with Crippen molar-refractivity contribution in [1.29, 1.82) is 0 Å². The maximum atomic E-state index is 12.3. The number of nitrogens with one attached hydrogen (secondary N) is 2. The van der Waals surface area contributed by atoms with Gasteiger partial charge in [-0.05, 0) is 55.1 Å². The summed E-state index contributed by atoms with van der Waals surface area (Å²) < 4.78 is 25.9. The minimum Gasteiger partial charge on any atom is -0.359 e. The van der Waals surface area contributed by atoms with Gasteiger partial charge in [-0.1, -0.05) is 32.8 Å². The molecule has 1 aromatic rings. The molecule has 1 aliphatic rings. The molecule has 2 rings (SSSR count). The second-order valence-electron chi connectivity index (χ2n) is 7.24. The molecule has 2 N–H and O–H groups in total. The van der Waals surface area contributed by atoms with Gasteiger partial charge < -0.3 is 10.6 Å². The summed E-state index contributed by atoms with van der Waals surface area (Å²) in [5.74, 6) is 1.25. The van der Waals surface area contributed by atoms with Crippen molar-refractivity contribution in [1.82, 2.24) is 9.62 Å². The van der Waals surface area contributed by atoms with Crippen molar-refractivity contribution in [3.8, 4) is 0 Å². The van der Waals surface area contributed by atoms with Gasteiger partial charge in [0.25, 0.3) is 0 Å². The van der Waals surface area contributed by atoms with E-state index in [2.05, 4.69) is 24.5 Å². The lowest BCUT2D eigenvalue weighted by Crippen LogP contribution is -2.45. The fraction of sp³-hybridized carbons (Fsp3) is 0.611. The number of rotatable bonds is 4. The van der Waals surface area contributed by atoms with Crippen LogP contribution in [0.25, 0.3) is 0 Å². The molecule has 0 heterocycles. The molecule has 1 aliphatic carbocycles. The monoisotopic (exact) mass is 383 g/mol. The SMILES string of the molecule is Cc1ccc(S(=O)(=O)N(C)C)cc1NC(=S)N[C@@H]1CCC[C@H](C)[C@H]1C. The van der Waals surface area contributed by atoms with E-state index < -0.39 is 10.0 Å². The molecule has 0 spiro atoms. The Morgan fingerprint density at radius 3 is 2.56 bits per heavy atom. The van der Waals surface area contributed by atoms with Gasteiger partial charge in [0.1, 0.15) is 0 Å². The minimum absolute atomic E-state index is 0.257. The summed E-state index contributed by atoms with van der Waals surface area (Å²) in [6.45, 7) is 6.48. The highest BCUT2D eigenvalue weighted by Gasteiger charge is 2.27. The van der Waals surface area contributed by atoms with Gasteiger partial charge in [0.05, 0.1) is 4.90 Å². The summed E-state index contributed by atoms with van der Waals surface area (Å²) in [4.78, 5) is 0.257. The second-order valence-corrected chi connectivity index (χ2v) is 9.80. The van der Waals surface area contributed by atoms with Crippen LogP contribution in [-0.2, 0) is 10.0 Å². The van der Waals surface area contributed by atoms with Gasteiger partial charge in [-0.2, -0.15) is 0 Å².